The molecular weight excluding hydrogens is 493 g/mol. The van der Waals surface area contributed by atoms with Crippen LogP contribution in [0.2, 0.25) is 0 Å². The highest BCUT2D eigenvalue weighted by Gasteiger charge is 2.27. The molecule has 0 saturated carbocycles. The summed E-state index contributed by atoms with van der Waals surface area (Å²) in [6.45, 7) is 3.89. The normalized spacial score (nSPS) is 13.8. The van der Waals surface area contributed by atoms with Gasteiger partial charge >= 0.3 is 0 Å². The second-order valence-electron chi connectivity index (χ2n) is 8.69. The molecule has 6 heteroatoms. The molecule has 1 aromatic heterocycles. The molecule has 4 aromatic rings. The molecule has 1 aliphatic rings. The number of halogens is 2. The molecule has 172 valence electrons. The summed E-state index contributed by atoms with van der Waals surface area (Å²) in [5.74, 6) is 0.445. The Kier molecular flexibility index (Phi) is 6.44. The van der Waals surface area contributed by atoms with Crippen molar-refractivity contribution in [2.75, 3.05) is 6.54 Å². The van der Waals surface area contributed by atoms with E-state index >= 15 is 0 Å². The zero-order chi connectivity index (χ0) is 23.7. The first kappa shape index (κ1) is 22.7. The molecule has 0 N–H and O–H groups in total. The van der Waals surface area contributed by atoms with E-state index in [1.54, 1.807) is 12.1 Å². The maximum absolute atomic E-state index is 14.0. The van der Waals surface area contributed by atoms with Crippen LogP contribution in [-0.2, 0) is 19.5 Å². The van der Waals surface area contributed by atoms with Crippen molar-refractivity contribution < 1.29 is 4.39 Å². The van der Waals surface area contributed by atoms with E-state index in [2.05, 4.69) is 45.1 Å². The Bertz CT molecular complexity index is 1330. The van der Waals surface area contributed by atoms with Crippen LogP contribution in [-0.4, -0.2) is 21.0 Å². The monoisotopic (exact) mass is 517 g/mol. The van der Waals surface area contributed by atoms with Crippen LogP contribution in [0.25, 0.3) is 0 Å². The molecule has 3 aromatic carbocycles. The van der Waals surface area contributed by atoms with E-state index in [4.69, 9.17) is 4.98 Å². The van der Waals surface area contributed by atoms with Crippen molar-refractivity contribution in [3.05, 3.63) is 133 Å². The second-order valence-corrected chi connectivity index (χ2v) is 9.55. The van der Waals surface area contributed by atoms with Crippen molar-refractivity contribution in [3.63, 3.8) is 0 Å². The lowest BCUT2D eigenvalue weighted by Gasteiger charge is -2.30. The van der Waals surface area contributed by atoms with Gasteiger partial charge in [-0.25, -0.2) is 9.37 Å². The van der Waals surface area contributed by atoms with Crippen LogP contribution in [0.15, 0.2) is 88.1 Å². The average Bonchev–Trinajstić information content (AvgIpc) is 2.85. The van der Waals surface area contributed by atoms with Gasteiger partial charge in [-0.1, -0.05) is 66.7 Å². The molecule has 0 unspecified atom stereocenters. The van der Waals surface area contributed by atoms with Crippen molar-refractivity contribution >= 4 is 15.9 Å². The largest absolute Gasteiger partial charge is 0.294 e. The Morgan fingerprint density at radius 3 is 2.26 bits per heavy atom. The van der Waals surface area contributed by atoms with Crippen LogP contribution < -0.4 is 5.56 Å². The SMILES string of the molecule is Cc1nc2c(c(=O)n1C(c1ccccc1)c1ccccc1)CN(Cc1ccc(F)c(Br)c1)CC2. The fourth-order valence-electron chi connectivity index (χ4n) is 4.76. The van der Waals surface area contributed by atoms with Gasteiger partial charge in [0.2, 0.25) is 0 Å². The highest BCUT2D eigenvalue weighted by atomic mass is 79.9. The highest BCUT2D eigenvalue weighted by molar-refractivity contribution is 9.10. The summed E-state index contributed by atoms with van der Waals surface area (Å²) in [6.07, 6.45) is 0.718. The zero-order valence-corrected chi connectivity index (χ0v) is 20.5. The number of hydrogen-bond acceptors (Lipinski definition) is 3. The number of fused-ring (bicyclic) bond motifs is 1. The van der Waals surface area contributed by atoms with E-state index in [-0.39, 0.29) is 17.4 Å². The number of rotatable bonds is 5. The van der Waals surface area contributed by atoms with Crippen LogP contribution >= 0.6 is 15.9 Å². The quantitative estimate of drug-likeness (QED) is 0.343. The van der Waals surface area contributed by atoms with E-state index in [0.717, 1.165) is 46.7 Å². The number of hydrogen-bond donors (Lipinski definition) is 0. The van der Waals surface area contributed by atoms with Gasteiger partial charge in [-0.3, -0.25) is 14.3 Å². The van der Waals surface area contributed by atoms with Crippen LogP contribution in [0.4, 0.5) is 4.39 Å². The average molecular weight is 518 g/mol. The zero-order valence-electron chi connectivity index (χ0n) is 18.9. The van der Waals surface area contributed by atoms with Crippen LogP contribution in [0, 0.1) is 12.7 Å². The van der Waals surface area contributed by atoms with Gasteiger partial charge in [0, 0.05) is 26.1 Å². The Labute approximate surface area is 206 Å². The van der Waals surface area contributed by atoms with E-state index in [1.165, 1.54) is 6.07 Å². The summed E-state index contributed by atoms with van der Waals surface area (Å²) in [4.78, 5) is 21.1. The molecule has 2 heterocycles. The molecule has 4 nitrogen and oxygen atoms in total. The Balaban J connectivity index is 1.54. The Morgan fingerprint density at radius 2 is 1.65 bits per heavy atom. The van der Waals surface area contributed by atoms with Gasteiger partial charge < -0.3 is 0 Å². The van der Waals surface area contributed by atoms with E-state index < -0.39 is 0 Å². The number of aromatic nitrogens is 2. The van der Waals surface area contributed by atoms with Crippen LogP contribution in [0.1, 0.15) is 39.8 Å². The minimum atomic E-state index is -0.275. The molecule has 1 aliphatic heterocycles. The van der Waals surface area contributed by atoms with Crippen molar-refractivity contribution in [3.8, 4) is 0 Å². The molecule has 0 spiro atoms. The first-order valence-electron chi connectivity index (χ1n) is 11.4. The molecule has 0 bridgehead atoms. The molecular formula is C28H25BrFN3O. The first-order chi connectivity index (χ1) is 16.5. The van der Waals surface area contributed by atoms with Crippen LogP contribution in [0.3, 0.4) is 0 Å². The topological polar surface area (TPSA) is 38.1 Å². The third-order valence-corrected chi connectivity index (χ3v) is 7.00. The summed E-state index contributed by atoms with van der Waals surface area (Å²) in [5.41, 5.74) is 4.73. The molecule has 0 radical (unpaired) electrons. The minimum absolute atomic E-state index is 0.00481. The maximum Gasteiger partial charge on any atom is 0.259 e. The summed E-state index contributed by atoms with van der Waals surface area (Å²) in [7, 11) is 0. The van der Waals surface area contributed by atoms with Gasteiger partial charge in [-0.2, -0.15) is 0 Å². The minimum Gasteiger partial charge on any atom is -0.294 e. The molecule has 5 rings (SSSR count). The summed E-state index contributed by atoms with van der Waals surface area (Å²) in [5, 5.41) is 0. The summed E-state index contributed by atoms with van der Waals surface area (Å²) >= 11 is 3.27. The lowest BCUT2D eigenvalue weighted by Crippen LogP contribution is -2.40. The van der Waals surface area contributed by atoms with Gasteiger partial charge in [-0.05, 0) is 51.7 Å². The lowest BCUT2D eigenvalue weighted by atomic mass is 9.97. The van der Waals surface area contributed by atoms with Crippen molar-refractivity contribution in [2.45, 2.75) is 32.5 Å². The number of nitrogens with zero attached hydrogens (tertiary/aromatic N) is 3. The highest BCUT2D eigenvalue weighted by Crippen LogP contribution is 2.28. The maximum atomic E-state index is 14.0. The molecule has 34 heavy (non-hydrogen) atoms. The third kappa shape index (κ3) is 4.48. The standard InChI is InChI=1S/C28H25BrFN3O/c1-19-31-26-14-15-32(17-20-12-13-25(30)24(29)16-20)18-23(26)28(34)33(19)27(21-8-4-2-5-9-21)22-10-6-3-7-11-22/h2-13,16,27H,14-15,17-18H2,1H3. The lowest BCUT2D eigenvalue weighted by molar-refractivity contribution is 0.240. The van der Waals surface area contributed by atoms with Gasteiger partial charge in [0.05, 0.1) is 21.8 Å². The van der Waals surface area contributed by atoms with Crippen molar-refractivity contribution in [1.29, 1.82) is 0 Å². The first-order valence-corrected chi connectivity index (χ1v) is 12.2. The molecule has 0 atom stereocenters. The fraction of sp³-hybridized carbons (Fsp3) is 0.214. The predicted octanol–water partition coefficient (Wildman–Crippen LogP) is 5.65. The van der Waals surface area contributed by atoms with Gasteiger partial charge in [0.1, 0.15) is 11.6 Å². The second kappa shape index (κ2) is 9.65. The Morgan fingerprint density at radius 1 is 1.00 bits per heavy atom. The van der Waals surface area contributed by atoms with Crippen molar-refractivity contribution in [2.24, 2.45) is 0 Å². The Hall–Kier alpha value is -3.09. The van der Waals surface area contributed by atoms with E-state index in [0.29, 0.717) is 17.6 Å². The van der Waals surface area contributed by atoms with E-state index in [1.807, 2.05) is 47.9 Å². The number of benzene rings is 3. The van der Waals surface area contributed by atoms with Crippen molar-refractivity contribution in [1.82, 2.24) is 14.5 Å². The molecule has 0 saturated heterocycles. The van der Waals surface area contributed by atoms with Gasteiger partial charge in [0.25, 0.3) is 5.56 Å². The third-order valence-electron chi connectivity index (χ3n) is 6.40. The summed E-state index contributed by atoms with van der Waals surface area (Å²) < 4.78 is 15.9. The fourth-order valence-corrected chi connectivity index (χ4v) is 5.19. The van der Waals surface area contributed by atoms with E-state index in [9.17, 15) is 9.18 Å². The van der Waals surface area contributed by atoms with Gasteiger partial charge in [-0.15, -0.1) is 0 Å². The summed E-state index contributed by atoms with van der Waals surface area (Å²) in [6, 6.07) is 25.0. The van der Waals surface area contributed by atoms with Gasteiger partial charge in [0.15, 0.2) is 0 Å². The predicted molar refractivity (Wildman–Crippen MR) is 135 cm³/mol. The number of aryl methyl sites for hydroxylation is 1. The molecule has 0 aliphatic carbocycles. The smallest absolute Gasteiger partial charge is 0.259 e. The molecule has 0 amide bonds. The van der Waals surface area contributed by atoms with Crippen LogP contribution in [0.5, 0.6) is 0 Å². The molecule has 0 fully saturated rings.